The maximum atomic E-state index is 3.58. The van der Waals surface area contributed by atoms with Gasteiger partial charge in [-0.3, -0.25) is 0 Å². The van der Waals surface area contributed by atoms with Crippen LogP contribution in [-0.2, 0) is 0 Å². The molecule has 1 aliphatic rings. The Morgan fingerprint density at radius 1 is 1.30 bits per heavy atom. The van der Waals surface area contributed by atoms with Crippen molar-refractivity contribution < 1.29 is 0 Å². The van der Waals surface area contributed by atoms with Crippen molar-refractivity contribution in [2.45, 2.75) is 33.1 Å². The molecule has 0 aliphatic heterocycles. The molecular formula is C9H17Br. The van der Waals surface area contributed by atoms with Crippen LogP contribution in [0.5, 0.6) is 0 Å². The molecule has 0 radical (unpaired) electrons. The highest BCUT2D eigenvalue weighted by atomic mass is 79.9. The molecule has 10 heavy (non-hydrogen) atoms. The lowest BCUT2D eigenvalue weighted by molar-refractivity contribution is 0.202. The minimum atomic E-state index is 0.938. The minimum Gasteiger partial charge on any atom is -0.0925 e. The van der Waals surface area contributed by atoms with Gasteiger partial charge in [0.25, 0.3) is 0 Å². The van der Waals surface area contributed by atoms with Crippen molar-refractivity contribution in [1.82, 2.24) is 0 Å². The fourth-order valence-corrected chi connectivity index (χ4v) is 2.82. The summed E-state index contributed by atoms with van der Waals surface area (Å²) in [5.74, 6) is 2.84. The van der Waals surface area contributed by atoms with E-state index in [1.165, 1.54) is 24.6 Å². The maximum absolute atomic E-state index is 3.58. The van der Waals surface area contributed by atoms with Crippen molar-refractivity contribution in [2.24, 2.45) is 17.8 Å². The van der Waals surface area contributed by atoms with Gasteiger partial charge in [0.15, 0.2) is 0 Å². The third-order valence-electron chi connectivity index (χ3n) is 3.07. The Hall–Kier alpha value is 0.480. The summed E-state index contributed by atoms with van der Waals surface area (Å²) in [4.78, 5) is 0. The third-order valence-corrected chi connectivity index (χ3v) is 3.91. The summed E-state index contributed by atoms with van der Waals surface area (Å²) >= 11 is 3.58. The summed E-state index contributed by atoms with van der Waals surface area (Å²) < 4.78 is 0. The van der Waals surface area contributed by atoms with E-state index in [2.05, 4.69) is 29.8 Å². The van der Waals surface area contributed by atoms with Gasteiger partial charge in [-0.05, 0) is 24.2 Å². The molecule has 0 N–H and O–H groups in total. The second-order valence-corrected chi connectivity index (χ2v) is 4.33. The first kappa shape index (κ1) is 8.58. The van der Waals surface area contributed by atoms with Gasteiger partial charge in [0.1, 0.15) is 0 Å². The van der Waals surface area contributed by atoms with Crippen LogP contribution in [0.4, 0.5) is 0 Å². The number of halogens is 1. The van der Waals surface area contributed by atoms with Crippen molar-refractivity contribution >= 4 is 15.9 Å². The van der Waals surface area contributed by atoms with E-state index in [9.17, 15) is 0 Å². The number of hydrogen-bond donors (Lipinski definition) is 0. The van der Waals surface area contributed by atoms with Crippen molar-refractivity contribution in [3.8, 4) is 0 Å². The van der Waals surface area contributed by atoms with Gasteiger partial charge in [0, 0.05) is 5.33 Å². The summed E-state index contributed by atoms with van der Waals surface area (Å²) in [6.45, 7) is 4.79. The van der Waals surface area contributed by atoms with Gasteiger partial charge >= 0.3 is 0 Å². The Morgan fingerprint density at radius 2 is 2.00 bits per heavy atom. The molecule has 0 amide bonds. The van der Waals surface area contributed by atoms with Crippen LogP contribution in [0.15, 0.2) is 0 Å². The first-order valence-electron chi connectivity index (χ1n) is 4.31. The van der Waals surface area contributed by atoms with E-state index in [-0.39, 0.29) is 0 Å². The zero-order chi connectivity index (χ0) is 7.56. The Balaban J connectivity index is 2.42. The van der Waals surface area contributed by atoms with Gasteiger partial charge in [-0.2, -0.15) is 0 Å². The molecule has 0 spiro atoms. The molecule has 0 nitrogen and oxygen atoms in total. The van der Waals surface area contributed by atoms with E-state index in [0.717, 1.165) is 17.8 Å². The fraction of sp³-hybridized carbons (Fsp3) is 1.00. The zero-order valence-electron chi connectivity index (χ0n) is 6.94. The van der Waals surface area contributed by atoms with Gasteiger partial charge in [-0.1, -0.05) is 42.6 Å². The highest BCUT2D eigenvalue weighted by Crippen LogP contribution is 2.34. The highest BCUT2D eigenvalue weighted by molar-refractivity contribution is 9.09. The summed E-state index contributed by atoms with van der Waals surface area (Å²) in [5.41, 5.74) is 0. The topological polar surface area (TPSA) is 0 Å². The van der Waals surface area contributed by atoms with Crippen molar-refractivity contribution in [3.05, 3.63) is 0 Å². The van der Waals surface area contributed by atoms with Gasteiger partial charge in [-0.15, -0.1) is 0 Å². The van der Waals surface area contributed by atoms with Crippen molar-refractivity contribution in [2.75, 3.05) is 5.33 Å². The standard InChI is InChI=1S/C9H17Br/c1-7-4-3-5-9(6-10)8(7)2/h7-9H,3-6H2,1-2H3. The average molecular weight is 205 g/mol. The van der Waals surface area contributed by atoms with Crippen LogP contribution < -0.4 is 0 Å². The minimum absolute atomic E-state index is 0.938. The molecule has 0 aromatic carbocycles. The maximum Gasteiger partial charge on any atom is 0.00623 e. The molecule has 0 saturated heterocycles. The van der Waals surface area contributed by atoms with E-state index in [1.807, 2.05) is 0 Å². The Morgan fingerprint density at radius 3 is 2.50 bits per heavy atom. The first-order valence-corrected chi connectivity index (χ1v) is 5.43. The smallest absolute Gasteiger partial charge is 0.00623 e. The van der Waals surface area contributed by atoms with Crippen LogP contribution in [-0.4, -0.2) is 5.33 Å². The lowest BCUT2D eigenvalue weighted by Crippen LogP contribution is -2.24. The quantitative estimate of drug-likeness (QED) is 0.575. The van der Waals surface area contributed by atoms with E-state index < -0.39 is 0 Å². The highest BCUT2D eigenvalue weighted by Gasteiger charge is 2.25. The van der Waals surface area contributed by atoms with Crippen LogP contribution >= 0.6 is 15.9 Å². The zero-order valence-corrected chi connectivity index (χ0v) is 8.52. The van der Waals surface area contributed by atoms with Crippen LogP contribution in [0.1, 0.15) is 33.1 Å². The molecular weight excluding hydrogens is 188 g/mol. The van der Waals surface area contributed by atoms with Gasteiger partial charge in [0.05, 0.1) is 0 Å². The molecule has 3 atom stereocenters. The summed E-state index contributed by atoms with van der Waals surface area (Å²) in [7, 11) is 0. The Labute approximate surface area is 72.5 Å². The predicted molar refractivity (Wildman–Crippen MR) is 49.5 cm³/mol. The molecule has 1 heteroatoms. The van der Waals surface area contributed by atoms with E-state index >= 15 is 0 Å². The lowest BCUT2D eigenvalue weighted by atomic mass is 9.75. The molecule has 1 aliphatic carbocycles. The van der Waals surface area contributed by atoms with Gasteiger partial charge in [0.2, 0.25) is 0 Å². The lowest BCUT2D eigenvalue weighted by Gasteiger charge is -2.32. The van der Waals surface area contributed by atoms with E-state index in [0.29, 0.717) is 0 Å². The molecule has 0 heterocycles. The first-order chi connectivity index (χ1) is 4.75. The molecule has 0 aromatic rings. The Bertz CT molecular complexity index is 101. The van der Waals surface area contributed by atoms with Gasteiger partial charge in [-0.25, -0.2) is 0 Å². The largest absolute Gasteiger partial charge is 0.0925 e. The molecule has 3 unspecified atom stereocenters. The van der Waals surface area contributed by atoms with E-state index in [1.54, 1.807) is 0 Å². The van der Waals surface area contributed by atoms with Crippen LogP contribution in [0.2, 0.25) is 0 Å². The molecule has 60 valence electrons. The predicted octanol–water partition coefficient (Wildman–Crippen LogP) is 3.45. The molecule has 0 bridgehead atoms. The fourth-order valence-electron chi connectivity index (χ4n) is 1.91. The summed E-state index contributed by atoms with van der Waals surface area (Å²) in [5, 5.41) is 1.21. The molecule has 1 rings (SSSR count). The SMILES string of the molecule is CC1CCCC(CBr)C1C. The number of rotatable bonds is 1. The Kier molecular flexibility index (Phi) is 3.22. The second kappa shape index (κ2) is 3.75. The average Bonchev–Trinajstić information content (AvgIpc) is 1.95. The third kappa shape index (κ3) is 1.75. The molecule has 1 saturated carbocycles. The summed E-state index contributed by atoms with van der Waals surface area (Å²) in [6, 6.07) is 0. The van der Waals surface area contributed by atoms with Crippen LogP contribution in [0, 0.1) is 17.8 Å². The van der Waals surface area contributed by atoms with E-state index in [4.69, 9.17) is 0 Å². The van der Waals surface area contributed by atoms with Crippen LogP contribution in [0.3, 0.4) is 0 Å². The van der Waals surface area contributed by atoms with Crippen LogP contribution in [0.25, 0.3) is 0 Å². The molecule has 0 aromatic heterocycles. The summed E-state index contributed by atoms with van der Waals surface area (Å²) in [6.07, 6.45) is 4.34. The van der Waals surface area contributed by atoms with Gasteiger partial charge < -0.3 is 0 Å². The monoisotopic (exact) mass is 204 g/mol. The number of alkyl halides is 1. The second-order valence-electron chi connectivity index (χ2n) is 3.68. The number of hydrogen-bond acceptors (Lipinski definition) is 0. The van der Waals surface area contributed by atoms with Crippen molar-refractivity contribution in [1.29, 1.82) is 0 Å². The normalized spacial score (nSPS) is 41.7. The van der Waals surface area contributed by atoms with Crippen molar-refractivity contribution in [3.63, 3.8) is 0 Å². The molecule has 1 fully saturated rings.